The predicted octanol–water partition coefficient (Wildman–Crippen LogP) is 4.90. The number of carbonyl (C=O) groups is 2. The number of alkyl halides is 3. The van der Waals surface area contributed by atoms with E-state index in [0.29, 0.717) is 20.4 Å². The summed E-state index contributed by atoms with van der Waals surface area (Å²) in [7, 11) is -4.41. The molecule has 1 saturated carbocycles. The number of aromatic nitrogens is 2. The van der Waals surface area contributed by atoms with E-state index in [9.17, 15) is 36.3 Å². The van der Waals surface area contributed by atoms with E-state index in [4.69, 9.17) is 16.3 Å². The third-order valence-corrected chi connectivity index (χ3v) is 9.41. The van der Waals surface area contributed by atoms with Crippen molar-refractivity contribution in [3.63, 3.8) is 0 Å². The molecule has 40 heavy (non-hydrogen) atoms. The number of amides is 1. The number of sulfonamides is 1. The van der Waals surface area contributed by atoms with Crippen LogP contribution in [-0.4, -0.2) is 59.3 Å². The molecule has 2 aromatic rings. The number of benzene rings is 1. The van der Waals surface area contributed by atoms with E-state index in [0.717, 1.165) is 4.31 Å². The quantitative estimate of drug-likeness (QED) is 0.452. The van der Waals surface area contributed by atoms with Crippen LogP contribution in [0.4, 0.5) is 29.3 Å². The predicted molar refractivity (Wildman–Crippen MR) is 137 cm³/mol. The maximum atomic E-state index is 13.9. The highest BCUT2D eigenvalue weighted by Crippen LogP contribution is 2.60. The molecule has 1 fully saturated rings. The first-order valence-electron chi connectivity index (χ1n) is 12.1. The number of hydrogen-bond donors (Lipinski definition) is 2. The molecule has 2 atom stereocenters. The lowest BCUT2D eigenvalue weighted by Gasteiger charge is -2.38. The lowest BCUT2D eigenvalue weighted by atomic mass is 9.85. The molecule has 16 heteroatoms. The Morgan fingerprint density at radius 2 is 1.93 bits per heavy atom. The third-order valence-electron chi connectivity index (χ3n) is 7.25. The Hall–Kier alpha value is -3.20. The number of rotatable bonds is 7. The molecule has 0 unspecified atom stereocenters. The van der Waals surface area contributed by atoms with Gasteiger partial charge in [0.05, 0.1) is 17.6 Å². The van der Waals surface area contributed by atoms with Crippen LogP contribution in [0.15, 0.2) is 29.3 Å². The molecule has 0 saturated heterocycles. The zero-order valence-electron chi connectivity index (χ0n) is 22.2. The van der Waals surface area contributed by atoms with Gasteiger partial charge in [0.25, 0.3) is 10.0 Å². The zero-order chi connectivity index (χ0) is 30.1. The Labute approximate surface area is 233 Å². The second kappa shape index (κ2) is 9.43. The average molecular weight is 609 g/mol. The Morgan fingerprint density at radius 1 is 1.27 bits per heavy atom. The molecular formula is C24H28ClF3N4O7S. The summed E-state index contributed by atoms with van der Waals surface area (Å²) in [6.07, 6.45) is -4.75. The summed E-state index contributed by atoms with van der Waals surface area (Å²) >= 11 is 6.17. The monoisotopic (exact) mass is 608 g/mol. The van der Waals surface area contributed by atoms with Gasteiger partial charge in [-0.3, -0.25) is 19.1 Å². The molecule has 0 radical (unpaired) electrons. The molecule has 220 valence electrons. The SMILES string of the molecule is CCn1cc(S(=O)(=O)N2C[C@@]3(C[C@@H]3C(C)(C)C(=O)O)Oc3ccc(NC(=O)OC(C)(C)C(F)(F)F)cc32)c(Cl)n1. The highest BCUT2D eigenvalue weighted by atomic mass is 35.5. The van der Waals surface area contributed by atoms with Crippen molar-refractivity contribution in [2.24, 2.45) is 11.3 Å². The number of fused-ring (bicyclic) bond motifs is 1. The van der Waals surface area contributed by atoms with Crippen molar-refractivity contribution in [3.8, 4) is 5.75 Å². The molecule has 2 N–H and O–H groups in total. The van der Waals surface area contributed by atoms with Crippen LogP contribution in [0.2, 0.25) is 5.15 Å². The molecule has 11 nitrogen and oxygen atoms in total. The second-order valence-corrected chi connectivity index (χ2v) is 13.0. The fraction of sp³-hybridized carbons (Fsp3) is 0.542. The van der Waals surface area contributed by atoms with Crippen LogP contribution in [0.25, 0.3) is 0 Å². The van der Waals surface area contributed by atoms with Gasteiger partial charge in [-0.25, -0.2) is 13.2 Å². The number of aryl methyl sites for hydroxylation is 1. The van der Waals surface area contributed by atoms with Gasteiger partial charge in [0.2, 0.25) is 5.60 Å². The van der Waals surface area contributed by atoms with Crippen molar-refractivity contribution in [1.82, 2.24) is 9.78 Å². The first kappa shape index (κ1) is 29.8. The lowest BCUT2D eigenvalue weighted by molar-refractivity contribution is -0.242. The summed E-state index contributed by atoms with van der Waals surface area (Å²) in [4.78, 5) is 23.9. The van der Waals surface area contributed by atoms with Crippen LogP contribution < -0.4 is 14.4 Å². The summed E-state index contributed by atoms with van der Waals surface area (Å²) < 4.78 is 80.3. The molecule has 2 heterocycles. The minimum Gasteiger partial charge on any atom is -0.483 e. The normalized spacial score (nSPS) is 21.0. The van der Waals surface area contributed by atoms with Gasteiger partial charge in [-0.05, 0) is 59.2 Å². The summed E-state index contributed by atoms with van der Waals surface area (Å²) in [5.74, 6) is -1.56. The van der Waals surface area contributed by atoms with Gasteiger partial charge in [-0.1, -0.05) is 11.6 Å². The Kier molecular flexibility index (Phi) is 7.02. The Balaban J connectivity index is 1.74. The number of carboxylic acids is 1. The molecule has 1 amide bonds. The summed E-state index contributed by atoms with van der Waals surface area (Å²) in [5, 5.41) is 15.6. The van der Waals surface area contributed by atoms with Crippen LogP contribution in [0.1, 0.15) is 41.0 Å². The van der Waals surface area contributed by atoms with Gasteiger partial charge in [-0.15, -0.1) is 0 Å². The minimum atomic E-state index is -4.83. The Morgan fingerprint density at radius 3 is 2.48 bits per heavy atom. The van der Waals surface area contributed by atoms with Crippen molar-refractivity contribution in [2.45, 2.75) is 69.9 Å². The van der Waals surface area contributed by atoms with Crippen LogP contribution in [-0.2, 0) is 26.1 Å². The van der Waals surface area contributed by atoms with E-state index >= 15 is 0 Å². The summed E-state index contributed by atoms with van der Waals surface area (Å²) in [5.41, 5.74) is -5.31. The summed E-state index contributed by atoms with van der Waals surface area (Å²) in [6, 6.07) is 3.84. The first-order chi connectivity index (χ1) is 18.2. The van der Waals surface area contributed by atoms with Crippen molar-refractivity contribution >= 4 is 45.1 Å². The maximum Gasteiger partial charge on any atom is 0.427 e. The first-order valence-corrected chi connectivity index (χ1v) is 14.0. The maximum absolute atomic E-state index is 13.9. The minimum absolute atomic E-state index is 0.0439. The number of aliphatic carboxylic acids is 1. The average Bonchev–Trinajstić information content (AvgIpc) is 3.38. The second-order valence-electron chi connectivity index (χ2n) is 10.8. The molecule has 1 aromatic carbocycles. The largest absolute Gasteiger partial charge is 0.483 e. The summed E-state index contributed by atoms with van der Waals surface area (Å²) in [6.45, 7) is 6.20. The van der Waals surface area contributed by atoms with E-state index in [2.05, 4.69) is 15.2 Å². The highest BCUT2D eigenvalue weighted by molar-refractivity contribution is 7.93. The van der Waals surface area contributed by atoms with Crippen molar-refractivity contribution in [2.75, 3.05) is 16.2 Å². The fourth-order valence-corrected chi connectivity index (χ4v) is 6.55. The molecule has 1 aliphatic carbocycles. The highest BCUT2D eigenvalue weighted by Gasteiger charge is 2.68. The van der Waals surface area contributed by atoms with Crippen LogP contribution >= 0.6 is 11.6 Å². The standard InChI is InChI=1S/C24H28ClF3N4O7S/c1-6-31-11-16(18(25)30-31)40(36,37)32-12-23(10-17(23)21(2,3)19(33)34)38-15-8-7-13(9-14(15)32)29-20(35)39-22(4,5)24(26,27)28/h7-9,11,17H,6,10,12H2,1-5H3,(H,29,35)(H,33,34)/t17-,23-/m1/s1. The number of nitrogens with zero attached hydrogens (tertiary/aromatic N) is 3. The lowest BCUT2D eigenvalue weighted by Crippen LogP contribution is -2.48. The van der Waals surface area contributed by atoms with Gasteiger partial charge in [0.15, 0.2) is 5.15 Å². The van der Waals surface area contributed by atoms with E-state index in [1.54, 1.807) is 6.92 Å². The Bertz CT molecular complexity index is 1480. The van der Waals surface area contributed by atoms with Crippen LogP contribution in [0.3, 0.4) is 0 Å². The fourth-order valence-electron chi connectivity index (χ4n) is 4.57. The van der Waals surface area contributed by atoms with E-state index in [1.807, 2.05) is 0 Å². The molecule has 2 aliphatic rings. The molecule has 1 aromatic heterocycles. The smallest absolute Gasteiger partial charge is 0.427 e. The van der Waals surface area contributed by atoms with E-state index in [1.165, 1.54) is 42.9 Å². The van der Waals surface area contributed by atoms with Crippen molar-refractivity contribution in [3.05, 3.63) is 29.5 Å². The third kappa shape index (κ3) is 5.04. The van der Waals surface area contributed by atoms with Crippen LogP contribution in [0.5, 0.6) is 5.75 Å². The van der Waals surface area contributed by atoms with Gasteiger partial charge < -0.3 is 14.6 Å². The molecule has 1 spiro atoms. The van der Waals surface area contributed by atoms with Gasteiger partial charge in [0, 0.05) is 24.3 Å². The molecular weight excluding hydrogens is 581 g/mol. The number of anilines is 2. The van der Waals surface area contributed by atoms with E-state index < -0.39 is 50.8 Å². The number of carbonyl (C=O) groups excluding carboxylic acids is 1. The number of hydrogen-bond acceptors (Lipinski definition) is 7. The van der Waals surface area contributed by atoms with E-state index in [-0.39, 0.29) is 40.1 Å². The molecule has 1 aliphatic heterocycles. The number of halogens is 4. The molecule has 0 bridgehead atoms. The topological polar surface area (TPSA) is 140 Å². The van der Waals surface area contributed by atoms with Crippen molar-refractivity contribution in [1.29, 1.82) is 0 Å². The number of ether oxygens (including phenoxy) is 2. The number of carboxylic acid groups (broad SMARTS) is 1. The van der Waals surface area contributed by atoms with Crippen LogP contribution in [0, 0.1) is 11.3 Å². The number of nitrogens with one attached hydrogen (secondary N) is 1. The van der Waals surface area contributed by atoms with Gasteiger partial charge in [0.1, 0.15) is 16.2 Å². The van der Waals surface area contributed by atoms with Gasteiger partial charge >= 0.3 is 18.2 Å². The molecule has 4 rings (SSSR count). The zero-order valence-corrected chi connectivity index (χ0v) is 23.7. The van der Waals surface area contributed by atoms with Gasteiger partial charge in [-0.2, -0.15) is 18.3 Å². The van der Waals surface area contributed by atoms with Crippen molar-refractivity contribution < 1.29 is 45.8 Å².